The summed E-state index contributed by atoms with van der Waals surface area (Å²) in [7, 11) is -3.10. The lowest BCUT2D eigenvalue weighted by Crippen LogP contribution is -2.45. The number of alkyl halides is 2. The maximum Gasteiger partial charge on any atom is 0.387 e. The van der Waals surface area contributed by atoms with Gasteiger partial charge in [0.2, 0.25) is 0 Å². The van der Waals surface area contributed by atoms with E-state index in [9.17, 15) is 22.0 Å². The molecule has 2 fully saturated rings. The molecule has 2 saturated heterocycles. The molecule has 2 bridgehead atoms. The first-order chi connectivity index (χ1) is 11.4. The third kappa shape index (κ3) is 3.45. The Morgan fingerprint density at radius 2 is 1.79 bits per heavy atom. The number of rotatable bonds is 5. The zero-order valence-electron chi connectivity index (χ0n) is 13.2. The molecule has 2 heterocycles. The van der Waals surface area contributed by atoms with Gasteiger partial charge in [-0.15, -0.1) is 0 Å². The highest BCUT2D eigenvalue weighted by atomic mass is 32.2. The lowest BCUT2D eigenvalue weighted by Gasteiger charge is -2.38. The minimum absolute atomic E-state index is 0.00414. The van der Waals surface area contributed by atoms with Crippen LogP contribution in [0.4, 0.5) is 8.78 Å². The lowest BCUT2D eigenvalue weighted by molar-refractivity contribution is -0.123. The first kappa shape index (κ1) is 17.3. The minimum atomic E-state index is -3.10. The van der Waals surface area contributed by atoms with Crippen molar-refractivity contribution in [2.45, 2.75) is 55.6 Å². The lowest BCUT2D eigenvalue weighted by atomic mass is 9.84. The Morgan fingerprint density at radius 1 is 1.17 bits per heavy atom. The smallest absolute Gasteiger partial charge is 0.387 e. The maximum atomic E-state index is 12.6. The third-order valence-electron chi connectivity index (χ3n) is 5.08. The second-order valence-electron chi connectivity index (χ2n) is 6.56. The number of ether oxygens (including phenoxy) is 1. The number of halogens is 2. The molecule has 0 spiro atoms. The van der Waals surface area contributed by atoms with Crippen molar-refractivity contribution in [1.29, 1.82) is 0 Å². The van der Waals surface area contributed by atoms with Gasteiger partial charge in [0.1, 0.15) is 11.5 Å². The van der Waals surface area contributed by atoms with Crippen molar-refractivity contribution in [1.82, 2.24) is 0 Å². The maximum absolute atomic E-state index is 12.6. The van der Waals surface area contributed by atoms with Crippen LogP contribution < -0.4 is 4.74 Å². The molecule has 2 atom stereocenters. The number of Topliss-reactive ketones (excluding diaryl/α,β-unsaturated/α-hetero) is 1. The summed E-state index contributed by atoms with van der Waals surface area (Å²) in [5, 5.41) is -0.849. The highest BCUT2D eigenvalue weighted by molar-refractivity contribution is 7.92. The summed E-state index contributed by atoms with van der Waals surface area (Å²) in [5.41, 5.74) is 0.418. The average molecular weight is 358 g/mol. The van der Waals surface area contributed by atoms with Crippen LogP contribution in [0.5, 0.6) is 5.75 Å². The Morgan fingerprint density at radius 3 is 2.42 bits per heavy atom. The first-order valence-corrected chi connectivity index (χ1v) is 9.77. The quantitative estimate of drug-likeness (QED) is 0.811. The summed E-state index contributed by atoms with van der Waals surface area (Å²) in [5.74, 6) is -0.403. The van der Waals surface area contributed by atoms with Crippen molar-refractivity contribution >= 4 is 15.6 Å². The van der Waals surface area contributed by atoms with Crippen molar-refractivity contribution < 1.29 is 26.7 Å². The second kappa shape index (κ2) is 6.78. The van der Waals surface area contributed by atoms with Gasteiger partial charge >= 0.3 is 6.61 Å². The molecule has 0 radical (unpaired) electrons. The number of ketones is 1. The molecular weight excluding hydrogens is 338 g/mol. The van der Waals surface area contributed by atoms with Crippen LogP contribution in [0.15, 0.2) is 24.3 Å². The third-order valence-corrected chi connectivity index (χ3v) is 7.80. The van der Waals surface area contributed by atoms with Crippen molar-refractivity contribution in [3.63, 3.8) is 0 Å². The van der Waals surface area contributed by atoms with Crippen LogP contribution in [0.2, 0.25) is 0 Å². The zero-order chi connectivity index (χ0) is 17.3. The van der Waals surface area contributed by atoms with Crippen molar-refractivity contribution in [3.05, 3.63) is 29.8 Å². The van der Waals surface area contributed by atoms with E-state index >= 15 is 0 Å². The normalized spacial score (nSPS) is 28.5. The number of benzene rings is 1. The average Bonchev–Trinajstić information content (AvgIpc) is 2.47. The summed E-state index contributed by atoms with van der Waals surface area (Å²) in [6, 6.07) is 6.25. The standard InChI is InChI=1S/C17H20F2O4S/c18-17(19)23-16-7-2-1-4-11(16)10-15(20)12-8-13-5-3-6-14(9-12)24(13,21)22/h1-2,4,7,12-14,17H,3,5-6,8-10H2. The molecule has 3 rings (SSSR count). The van der Waals surface area contributed by atoms with E-state index in [4.69, 9.17) is 0 Å². The number of carbonyl (C=O) groups is 1. The number of carbonyl (C=O) groups excluding carboxylic acids is 1. The van der Waals surface area contributed by atoms with Crippen LogP contribution in [0, 0.1) is 5.92 Å². The Kier molecular flexibility index (Phi) is 4.90. The molecule has 0 aliphatic carbocycles. The number of hydrogen-bond donors (Lipinski definition) is 0. The van der Waals surface area contributed by atoms with Gasteiger partial charge in [0, 0.05) is 17.9 Å². The van der Waals surface area contributed by atoms with Gasteiger partial charge in [0.05, 0.1) is 10.5 Å². The molecule has 1 aromatic carbocycles. The Labute approximate surface area is 140 Å². The van der Waals surface area contributed by atoms with Crippen molar-refractivity contribution in [2.75, 3.05) is 0 Å². The topological polar surface area (TPSA) is 60.4 Å². The van der Waals surface area contributed by atoms with E-state index in [1.165, 1.54) is 6.07 Å². The summed E-state index contributed by atoms with van der Waals surface area (Å²) < 4.78 is 53.9. The van der Waals surface area contributed by atoms with Crippen LogP contribution in [0.1, 0.15) is 37.7 Å². The van der Waals surface area contributed by atoms with Crippen LogP contribution >= 0.6 is 0 Å². The van der Waals surface area contributed by atoms with E-state index in [2.05, 4.69) is 4.74 Å². The molecule has 132 valence electrons. The monoisotopic (exact) mass is 358 g/mol. The summed E-state index contributed by atoms with van der Waals surface area (Å²) in [6.07, 6.45) is 2.83. The molecule has 4 nitrogen and oxygen atoms in total. The highest BCUT2D eigenvalue weighted by Gasteiger charge is 2.45. The molecule has 0 amide bonds. The second-order valence-corrected chi connectivity index (χ2v) is 9.07. The van der Waals surface area contributed by atoms with Gasteiger partial charge in [0.15, 0.2) is 9.84 Å². The van der Waals surface area contributed by atoms with Crippen molar-refractivity contribution in [2.24, 2.45) is 5.92 Å². The molecule has 1 aromatic rings. The fourth-order valence-corrected chi connectivity index (χ4v) is 6.40. The van der Waals surface area contributed by atoms with Gasteiger partial charge in [-0.3, -0.25) is 4.79 Å². The van der Waals surface area contributed by atoms with Crippen LogP contribution in [-0.4, -0.2) is 31.3 Å². The molecule has 0 saturated carbocycles. The van der Waals surface area contributed by atoms with Gasteiger partial charge in [-0.25, -0.2) is 8.42 Å². The Balaban J connectivity index is 1.73. The van der Waals surface area contributed by atoms with Gasteiger partial charge < -0.3 is 4.74 Å². The first-order valence-electron chi connectivity index (χ1n) is 8.16. The van der Waals surface area contributed by atoms with Crippen LogP contribution in [0.3, 0.4) is 0 Å². The minimum Gasteiger partial charge on any atom is -0.435 e. The predicted octanol–water partition coefficient (Wildman–Crippen LogP) is 3.15. The van der Waals surface area contributed by atoms with Crippen LogP contribution in [0.25, 0.3) is 0 Å². The zero-order valence-corrected chi connectivity index (χ0v) is 14.0. The van der Waals surface area contributed by atoms with E-state index in [1.54, 1.807) is 18.2 Å². The molecule has 2 unspecified atom stereocenters. The van der Waals surface area contributed by atoms with Gasteiger partial charge in [-0.2, -0.15) is 8.78 Å². The summed E-state index contributed by atoms with van der Waals surface area (Å²) in [6.45, 7) is -2.94. The molecule has 2 aliphatic rings. The van der Waals surface area contributed by atoms with Gasteiger partial charge in [0.25, 0.3) is 0 Å². The fraction of sp³-hybridized carbons (Fsp3) is 0.588. The molecule has 24 heavy (non-hydrogen) atoms. The van der Waals surface area contributed by atoms with Gasteiger partial charge in [-0.1, -0.05) is 24.6 Å². The Bertz CT molecular complexity index is 697. The number of hydrogen-bond acceptors (Lipinski definition) is 4. The fourth-order valence-electron chi connectivity index (χ4n) is 3.86. The van der Waals surface area contributed by atoms with E-state index in [0.29, 0.717) is 31.2 Å². The van der Waals surface area contributed by atoms with E-state index in [0.717, 1.165) is 6.42 Å². The Hall–Kier alpha value is -1.50. The van der Waals surface area contributed by atoms with Crippen LogP contribution in [-0.2, 0) is 21.1 Å². The van der Waals surface area contributed by atoms with E-state index < -0.39 is 26.9 Å². The highest BCUT2D eigenvalue weighted by Crippen LogP contribution is 2.40. The molecule has 0 aromatic heterocycles. The van der Waals surface area contributed by atoms with Gasteiger partial charge in [-0.05, 0) is 31.7 Å². The molecular formula is C17H20F2O4S. The molecule has 7 heteroatoms. The SMILES string of the molecule is O=C(Cc1ccccc1OC(F)F)C1CC2CCCC(C1)S2(=O)=O. The number of para-hydroxylation sites is 1. The number of sulfone groups is 1. The van der Waals surface area contributed by atoms with E-state index in [-0.39, 0.29) is 23.9 Å². The predicted molar refractivity (Wildman–Crippen MR) is 84.9 cm³/mol. The molecule has 2 aliphatic heterocycles. The largest absolute Gasteiger partial charge is 0.435 e. The summed E-state index contributed by atoms with van der Waals surface area (Å²) in [4.78, 5) is 12.6. The van der Waals surface area contributed by atoms with E-state index in [1.807, 2.05) is 0 Å². The molecule has 0 N–H and O–H groups in total. The summed E-state index contributed by atoms with van der Waals surface area (Å²) >= 11 is 0. The van der Waals surface area contributed by atoms with Crippen molar-refractivity contribution in [3.8, 4) is 5.75 Å². The number of fused-ring (bicyclic) bond motifs is 2.